The SMILES string of the molecule is CCCc1nc(N)c(C)c(-c2cc(F)ccc2F)n1. The van der Waals surface area contributed by atoms with E-state index in [0.29, 0.717) is 29.3 Å². The first kappa shape index (κ1) is 13.4. The largest absolute Gasteiger partial charge is 0.383 e. The summed E-state index contributed by atoms with van der Waals surface area (Å²) in [6.45, 7) is 3.69. The summed E-state index contributed by atoms with van der Waals surface area (Å²) >= 11 is 0. The minimum atomic E-state index is -0.523. The molecule has 0 saturated carbocycles. The van der Waals surface area contributed by atoms with Gasteiger partial charge in [-0.25, -0.2) is 18.7 Å². The summed E-state index contributed by atoms with van der Waals surface area (Å²) < 4.78 is 27.1. The van der Waals surface area contributed by atoms with E-state index in [2.05, 4.69) is 9.97 Å². The Morgan fingerprint density at radius 1 is 1.21 bits per heavy atom. The lowest BCUT2D eigenvalue weighted by Gasteiger charge is -2.10. The molecule has 0 unspecified atom stereocenters. The van der Waals surface area contributed by atoms with Gasteiger partial charge in [-0.2, -0.15) is 0 Å². The highest BCUT2D eigenvalue weighted by Gasteiger charge is 2.14. The highest BCUT2D eigenvalue weighted by molar-refractivity contribution is 5.67. The molecular weight excluding hydrogens is 248 g/mol. The average Bonchev–Trinajstić information content (AvgIpc) is 2.37. The molecule has 0 atom stereocenters. The Balaban J connectivity index is 2.63. The Hall–Kier alpha value is -2.04. The minimum Gasteiger partial charge on any atom is -0.383 e. The van der Waals surface area contributed by atoms with E-state index in [4.69, 9.17) is 5.73 Å². The number of benzene rings is 1. The summed E-state index contributed by atoms with van der Waals surface area (Å²) in [6, 6.07) is 3.29. The van der Waals surface area contributed by atoms with Gasteiger partial charge < -0.3 is 5.73 Å². The molecule has 2 aromatic rings. The first-order chi connectivity index (χ1) is 9.02. The zero-order valence-corrected chi connectivity index (χ0v) is 10.9. The van der Waals surface area contributed by atoms with Crippen molar-refractivity contribution in [2.45, 2.75) is 26.7 Å². The van der Waals surface area contributed by atoms with E-state index in [1.807, 2.05) is 6.92 Å². The van der Waals surface area contributed by atoms with Crippen molar-refractivity contribution in [2.24, 2.45) is 0 Å². The summed E-state index contributed by atoms with van der Waals surface area (Å²) in [5.41, 5.74) is 6.84. The Morgan fingerprint density at radius 2 is 1.95 bits per heavy atom. The molecular formula is C14H15F2N3. The van der Waals surface area contributed by atoms with E-state index in [1.54, 1.807) is 6.92 Å². The van der Waals surface area contributed by atoms with Crippen LogP contribution in [0.1, 0.15) is 24.7 Å². The summed E-state index contributed by atoms with van der Waals surface area (Å²) in [7, 11) is 0. The van der Waals surface area contributed by atoms with Gasteiger partial charge >= 0.3 is 0 Å². The van der Waals surface area contributed by atoms with Crippen molar-refractivity contribution < 1.29 is 8.78 Å². The molecule has 1 aromatic heterocycles. The third-order valence-electron chi connectivity index (χ3n) is 2.89. The summed E-state index contributed by atoms with van der Waals surface area (Å²) in [4.78, 5) is 8.45. The van der Waals surface area contributed by atoms with Gasteiger partial charge in [0.2, 0.25) is 0 Å². The summed E-state index contributed by atoms with van der Waals surface area (Å²) in [6.07, 6.45) is 1.50. The van der Waals surface area contributed by atoms with E-state index in [1.165, 1.54) is 0 Å². The highest BCUT2D eigenvalue weighted by Crippen LogP contribution is 2.27. The number of halogens is 2. The maximum atomic E-state index is 13.8. The van der Waals surface area contributed by atoms with Gasteiger partial charge in [-0.15, -0.1) is 0 Å². The highest BCUT2D eigenvalue weighted by atomic mass is 19.1. The molecule has 19 heavy (non-hydrogen) atoms. The normalized spacial score (nSPS) is 10.7. The van der Waals surface area contributed by atoms with Gasteiger partial charge in [0.05, 0.1) is 5.69 Å². The molecule has 1 aromatic carbocycles. The second-order valence-corrected chi connectivity index (χ2v) is 4.37. The molecule has 100 valence electrons. The molecule has 0 amide bonds. The van der Waals surface area contributed by atoms with Crippen molar-refractivity contribution in [3.63, 3.8) is 0 Å². The first-order valence-electron chi connectivity index (χ1n) is 6.11. The summed E-state index contributed by atoms with van der Waals surface area (Å²) in [5.74, 6) is -0.184. The number of aryl methyl sites for hydroxylation is 1. The van der Waals surface area contributed by atoms with Crippen molar-refractivity contribution in [1.29, 1.82) is 0 Å². The van der Waals surface area contributed by atoms with Crippen LogP contribution in [0.4, 0.5) is 14.6 Å². The van der Waals surface area contributed by atoms with Gasteiger partial charge in [0.25, 0.3) is 0 Å². The monoisotopic (exact) mass is 263 g/mol. The maximum absolute atomic E-state index is 13.8. The number of nitrogens with two attached hydrogens (primary N) is 1. The molecule has 0 fully saturated rings. The van der Waals surface area contributed by atoms with E-state index in [0.717, 1.165) is 24.6 Å². The van der Waals surface area contributed by atoms with Crippen molar-refractivity contribution in [3.05, 3.63) is 41.2 Å². The van der Waals surface area contributed by atoms with Crippen molar-refractivity contribution in [3.8, 4) is 11.3 Å². The molecule has 0 aliphatic carbocycles. The first-order valence-corrected chi connectivity index (χ1v) is 6.11. The number of rotatable bonds is 3. The molecule has 0 aliphatic rings. The van der Waals surface area contributed by atoms with E-state index in [9.17, 15) is 8.78 Å². The van der Waals surface area contributed by atoms with Crippen molar-refractivity contribution in [1.82, 2.24) is 9.97 Å². The quantitative estimate of drug-likeness (QED) is 0.924. The van der Waals surface area contributed by atoms with Crippen LogP contribution < -0.4 is 5.73 Å². The van der Waals surface area contributed by atoms with Crippen LogP contribution >= 0.6 is 0 Å². The third-order valence-corrected chi connectivity index (χ3v) is 2.89. The van der Waals surface area contributed by atoms with Gasteiger partial charge in [-0.1, -0.05) is 6.92 Å². The van der Waals surface area contributed by atoms with Crippen molar-refractivity contribution >= 4 is 5.82 Å². The van der Waals surface area contributed by atoms with Gasteiger partial charge in [0, 0.05) is 17.5 Å². The zero-order valence-electron chi connectivity index (χ0n) is 10.9. The van der Waals surface area contributed by atoms with Crippen LogP contribution in [0.3, 0.4) is 0 Å². The van der Waals surface area contributed by atoms with Crippen LogP contribution in [0.25, 0.3) is 11.3 Å². The topological polar surface area (TPSA) is 51.8 Å². The van der Waals surface area contributed by atoms with Crippen LogP contribution in [0.15, 0.2) is 18.2 Å². The van der Waals surface area contributed by atoms with Gasteiger partial charge in [-0.05, 0) is 31.5 Å². The molecule has 3 nitrogen and oxygen atoms in total. The number of nitrogen functional groups attached to an aromatic ring is 1. The zero-order chi connectivity index (χ0) is 14.0. The number of hydrogen-bond acceptors (Lipinski definition) is 3. The molecule has 2 N–H and O–H groups in total. The fourth-order valence-corrected chi connectivity index (χ4v) is 1.86. The lowest BCUT2D eigenvalue weighted by Crippen LogP contribution is -2.05. The molecule has 5 heteroatoms. The van der Waals surface area contributed by atoms with Crippen LogP contribution in [0.5, 0.6) is 0 Å². The standard InChI is InChI=1S/C14H15F2N3/c1-3-4-12-18-13(8(2)14(17)19-12)10-7-9(15)5-6-11(10)16/h5-7H,3-4H2,1-2H3,(H2,17,18,19). The third kappa shape index (κ3) is 2.70. The van der Waals surface area contributed by atoms with E-state index < -0.39 is 11.6 Å². The van der Waals surface area contributed by atoms with Gasteiger partial charge in [-0.3, -0.25) is 0 Å². The fraction of sp³-hybridized carbons (Fsp3) is 0.286. The van der Waals surface area contributed by atoms with E-state index >= 15 is 0 Å². The number of hydrogen-bond donors (Lipinski definition) is 1. The van der Waals surface area contributed by atoms with Gasteiger partial charge in [0.15, 0.2) is 0 Å². The predicted octanol–water partition coefficient (Wildman–Crippen LogP) is 3.26. The molecule has 0 radical (unpaired) electrons. The molecule has 0 spiro atoms. The smallest absolute Gasteiger partial charge is 0.132 e. The van der Waals surface area contributed by atoms with Crippen LogP contribution in [-0.2, 0) is 6.42 Å². The second kappa shape index (κ2) is 5.30. The molecule has 1 heterocycles. The molecule has 0 bridgehead atoms. The minimum absolute atomic E-state index is 0.115. The predicted molar refractivity (Wildman–Crippen MR) is 70.5 cm³/mol. The molecule has 2 rings (SSSR count). The molecule has 0 aliphatic heterocycles. The Kier molecular flexibility index (Phi) is 3.74. The Morgan fingerprint density at radius 3 is 2.63 bits per heavy atom. The fourth-order valence-electron chi connectivity index (χ4n) is 1.86. The van der Waals surface area contributed by atoms with E-state index in [-0.39, 0.29) is 5.56 Å². The summed E-state index contributed by atoms with van der Waals surface area (Å²) in [5, 5.41) is 0. The van der Waals surface area contributed by atoms with Crippen molar-refractivity contribution in [2.75, 3.05) is 5.73 Å². The number of anilines is 1. The van der Waals surface area contributed by atoms with Gasteiger partial charge in [0.1, 0.15) is 23.3 Å². The number of nitrogens with zero attached hydrogens (tertiary/aromatic N) is 2. The Labute approximate surface area is 110 Å². The van der Waals surface area contributed by atoms with Crippen LogP contribution in [-0.4, -0.2) is 9.97 Å². The lowest BCUT2D eigenvalue weighted by molar-refractivity contribution is 0.602. The average molecular weight is 263 g/mol. The van der Waals surface area contributed by atoms with Crippen LogP contribution in [0.2, 0.25) is 0 Å². The lowest BCUT2D eigenvalue weighted by atomic mass is 10.1. The van der Waals surface area contributed by atoms with Crippen LogP contribution in [0, 0.1) is 18.6 Å². The maximum Gasteiger partial charge on any atom is 0.132 e. The molecule has 0 saturated heterocycles. The number of aromatic nitrogens is 2. The second-order valence-electron chi connectivity index (χ2n) is 4.37. The Bertz CT molecular complexity index is 612.